The Labute approximate surface area is 159 Å². The van der Waals surface area contributed by atoms with Crippen molar-refractivity contribution in [2.24, 2.45) is 0 Å². The van der Waals surface area contributed by atoms with Gasteiger partial charge < -0.3 is 14.6 Å². The largest absolute Gasteiger partial charge is 0.511 e. The molecule has 0 spiro atoms. The van der Waals surface area contributed by atoms with E-state index in [9.17, 15) is 9.59 Å². The molecule has 2 rings (SSSR count). The molecule has 0 unspecified atom stereocenters. The van der Waals surface area contributed by atoms with E-state index in [2.05, 4.69) is 20.8 Å². The summed E-state index contributed by atoms with van der Waals surface area (Å²) in [5.41, 5.74) is 2.15. The Morgan fingerprint density at radius 3 is 2.11 bits per heavy atom. The van der Waals surface area contributed by atoms with Crippen molar-refractivity contribution in [2.45, 2.75) is 52.6 Å². The first-order valence-electron chi connectivity index (χ1n) is 8.76. The molecule has 0 amide bonds. The second kappa shape index (κ2) is 7.43. The SMILES string of the molecule is CC(C)(C)OC(=O)c1cc(-c2ccccc2C(C)(C)C)ccc1OC(=O)O. The quantitative estimate of drug-likeness (QED) is 0.557. The number of hydrogen-bond acceptors (Lipinski definition) is 4. The summed E-state index contributed by atoms with van der Waals surface area (Å²) in [5.74, 6) is -0.678. The lowest BCUT2D eigenvalue weighted by Crippen LogP contribution is -2.24. The van der Waals surface area contributed by atoms with Crippen LogP contribution in [0.2, 0.25) is 0 Å². The molecule has 0 heterocycles. The standard InChI is InChI=1S/C22H26O5/c1-21(2,3)17-10-8-7-9-15(17)14-11-12-18(26-20(24)25)16(13-14)19(23)27-22(4,5)6/h7-13H,1-6H3,(H,24,25). The molecule has 1 N–H and O–H groups in total. The highest BCUT2D eigenvalue weighted by molar-refractivity contribution is 5.95. The summed E-state index contributed by atoms with van der Waals surface area (Å²) >= 11 is 0. The van der Waals surface area contributed by atoms with Crippen molar-refractivity contribution in [3.8, 4) is 16.9 Å². The fraction of sp³-hybridized carbons (Fsp3) is 0.364. The van der Waals surface area contributed by atoms with E-state index in [0.29, 0.717) is 0 Å². The van der Waals surface area contributed by atoms with E-state index < -0.39 is 17.7 Å². The van der Waals surface area contributed by atoms with E-state index in [4.69, 9.17) is 14.6 Å². The molecule has 0 aliphatic carbocycles. The monoisotopic (exact) mass is 370 g/mol. The normalized spacial score (nSPS) is 11.8. The van der Waals surface area contributed by atoms with Crippen LogP contribution in [-0.4, -0.2) is 22.8 Å². The van der Waals surface area contributed by atoms with Gasteiger partial charge in [0.2, 0.25) is 0 Å². The molecule has 0 fully saturated rings. The predicted octanol–water partition coefficient (Wildman–Crippen LogP) is 5.66. The Morgan fingerprint density at radius 2 is 1.56 bits per heavy atom. The average Bonchev–Trinajstić information content (AvgIpc) is 2.52. The highest BCUT2D eigenvalue weighted by Crippen LogP contribution is 2.35. The molecule has 5 heteroatoms. The molecule has 0 aliphatic rings. The van der Waals surface area contributed by atoms with Gasteiger partial charge in [-0.3, -0.25) is 0 Å². The van der Waals surface area contributed by atoms with Crippen LogP contribution in [0, 0.1) is 0 Å². The van der Waals surface area contributed by atoms with E-state index in [1.165, 1.54) is 6.07 Å². The smallest absolute Gasteiger partial charge is 0.456 e. The number of carbonyl (C=O) groups excluding carboxylic acids is 1. The Bertz CT molecular complexity index is 854. The van der Waals surface area contributed by atoms with Crippen molar-refractivity contribution in [2.75, 3.05) is 0 Å². The van der Waals surface area contributed by atoms with Crippen LogP contribution in [0.15, 0.2) is 42.5 Å². The van der Waals surface area contributed by atoms with Crippen LogP contribution in [0.1, 0.15) is 57.5 Å². The number of esters is 1. The van der Waals surface area contributed by atoms with Crippen LogP contribution >= 0.6 is 0 Å². The first-order chi connectivity index (χ1) is 12.4. The molecule has 0 aromatic heterocycles. The lowest BCUT2D eigenvalue weighted by atomic mass is 9.81. The fourth-order valence-electron chi connectivity index (χ4n) is 2.76. The van der Waals surface area contributed by atoms with E-state index in [1.807, 2.05) is 24.3 Å². The van der Waals surface area contributed by atoms with Crippen molar-refractivity contribution in [3.63, 3.8) is 0 Å². The molecule has 0 bridgehead atoms. The van der Waals surface area contributed by atoms with Gasteiger partial charge in [0, 0.05) is 0 Å². The molecule has 0 radical (unpaired) electrons. The first-order valence-corrected chi connectivity index (χ1v) is 8.76. The topological polar surface area (TPSA) is 72.8 Å². The van der Waals surface area contributed by atoms with Crippen LogP contribution in [0.5, 0.6) is 5.75 Å². The number of ether oxygens (including phenoxy) is 2. The van der Waals surface area contributed by atoms with Crippen molar-refractivity contribution in [3.05, 3.63) is 53.6 Å². The minimum Gasteiger partial charge on any atom is -0.456 e. The summed E-state index contributed by atoms with van der Waals surface area (Å²) in [7, 11) is 0. The summed E-state index contributed by atoms with van der Waals surface area (Å²) in [4.78, 5) is 23.6. The third-order valence-electron chi connectivity index (χ3n) is 3.84. The van der Waals surface area contributed by atoms with Crippen LogP contribution in [0.3, 0.4) is 0 Å². The van der Waals surface area contributed by atoms with Crippen LogP contribution in [-0.2, 0) is 10.2 Å². The number of carboxylic acid groups (broad SMARTS) is 1. The molecule has 144 valence electrons. The Kier molecular flexibility index (Phi) is 5.64. The van der Waals surface area contributed by atoms with Gasteiger partial charge in [-0.25, -0.2) is 9.59 Å². The third kappa shape index (κ3) is 5.33. The first kappa shape index (κ1) is 20.5. The highest BCUT2D eigenvalue weighted by Gasteiger charge is 2.24. The van der Waals surface area contributed by atoms with Crippen LogP contribution < -0.4 is 4.74 Å². The number of benzene rings is 2. The summed E-state index contributed by atoms with van der Waals surface area (Å²) in [6.45, 7) is 11.6. The van der Waals surface area contributed by atoms with Gasteiger partial charge in [0.25, 0.3) is 0 Å². The maximum atomic E-state index is 12.6. The fourth-order valence-corrected chi connectivity index (χ4v) is 2.76. The number of rotatable bonds is 3. The summed E-state index contributed by atoms with van der Waals surface area (Å²) in [5, 5.41) is 8.97. The zero-order valence-corrected chi connectivity index (χ0v) is 16.6. The maximum absolute atomic E-state index is 12.6. The van der Waals surface area contributed by atoms with Crippen LogP contribution in [0.4, 0.5) is 4.79 Å². The maximum Gasteiger partial charge on any atom is 0.511 e. The van der Waals surface area contributed by atoms with Crippen molar-refractivity contribution >= 4 is 12.1 Å². The summed E-state index contributed by atoms with van der Waals surface area (Å²) in [6, 6.07) is 12.8. The van der Waals surface area contributed by atoms with Gasteiger partial charge in [-0.2, -0.15) is 0 Å². The van der Waals surface area contributed by atoms with E-state index >= 15 is 0 Å². The van der Waals surface area contributed by atoms with Gasteiger partial charge in [0.15, 0.2) is 0 Å². The summed E-state index contributed by atoms with van der Waals surface area (Å²) < 4.78 is 10.2. The van der Waals surface area contributed by atoms with Crippen molar-refractivity contribution < 1.29 is 24.2 Å². The molecule has 2 aromatic carbocycles. The predicted molar refractivity (Wildman–Crippen MR) is 104 cm³/mol. The minimum atomic E-state index is -1.48. The zero-order valence-electron chi connectivity index (χ0n) is 16.6. The van der Waals surface area contributed by atoms with E-state index in [0.717, 1.165) is 16.7 Å². The van der Waals surface area contributed by atoms with Gasteiger partial charge in [-0.15, -0.1) is 0 Å². The van der Waals surface area contributed by atoms with Gasteiger partial charge >= 0.3 is 12.1 Å². The molecular formula is C22H26O5. The molecule has 0 saturated carbocycles. The lowest BCUT2D eigenvalue weighted by Gasteiger charge is -2.24. The van der Waals surface area contributed by atoms with E-state index in [-0.39, 0.29) is 16.7 Å². The number of carbonyl (C=O) groups is 2. The van der Waals surface area contributed by atoms with E-state index in [1.54, 1.807) is 32.9 Å². The van der Waals surface area contributed by atoms with Crippen molar-refractivity contribution in [1.82, 2.24) is 0 Å². The van der Waals surface area contributed by atoms with Gasteiger partial charge in [-0.05, 0) is 55.0 Å². The Morgan fingerprint density at radius 1 is 0.926 bits per heavy atom. The Balaban J connectivity index is 2.60. The lowest BCUT2D eigenvalue weighted by molar-refractivity contribution is 0.00670. The second-order valence-corrected chi connectivity index (χ2v) is 8.38. The molecule has 2 aromatic rings. The van der Waals surface area contributed by atoms with Crippen LogP contribution in [0.25, 0.3) is 11.1 Å². The summed E-state index contributed by atoms with van der Waals surface area (Å²) in [6.07, 6.45) is -1.48. The van der Waals surface area contributed by atoms with Crippen molar-refractivity contribution in [1.29, 1.82) is 0 Å². The van der Waals surface area contributed by atoms with Gasteiger partial charge in [0.1, 0.15) is 16.9 Å². The molecule has 27 heavy (non-hydrogen) atoms. The molecule has 0 atom stereocenters. The third-order valence-corrected chi connectivity index (χ3v) is 3.84. The molecule has 0 aliphatic heterocycles. The van der Waals surface area contributed by atoms with Gasteiger partial charge in [-0.1, -0.05) is 51.1 Å². The number of hydrogen-bond donors (Lipinski definition) is 1. The zero-order chi connectivity index (χ0) is 20.4. The highest BCUT2D eigenvalue weighted by atomic mass is 16.7. The second-order valence-electron chi connectivity index (χ2n) is 8.38. The molecule has 0 saturated heterocycles. The minimum absolute atomic E-state index is 0.0475. The average molecular weight is 370 g/mol. The molecule has 5 nitrogen and oxygen atoms in total. The Hall–Kier alpha value is -2.82. The van der Waals surface area contributed by atoms with Gasteiger partial charge in [0.05, 0.1) is 0 Å². The molecular weight excluding hydrogens is 344 g/mol.